The van der Waals surface area contributed by atoms with Gasteiger partial charge in [-0.3, -0.25) is 4.79 Å². The molecule has 0 spiro atoms. The summed E-state index contributed by atoms with van der Waals surface area (Å²) >= 11 is 1.66. The SMILES string of the molecule is CCC(=O)N(Cc1cccc(OC)c1)c1csc(-c2ccccc2)c1. The van der Waals surface area contributed by atoms with Gasteiger partial charge < -0.3 is 9.64 Å². The van der Waals surface area contributed by atoms with Crippen molar-refractivity contribution >= 4 is 22.9 Å². The van der Waals surface area contributed by atoms with Crippen LogP contribution in [0.3, 0.4) is 0 Å². The molecule has 0 fully saturated rings. The molecule has 128 valence electrons. The molecule has 1 aromatic heterocycles. The van der Waals surface area contributed by atoms with E-state index < -0.39 is 0 Å². The minimum atomic E-state index is 0.111. The van der Waals surface area contributed by atoms with E-state index in [4.69, 9.17) is 4.74 Å². The van der Waals surface area contributed by atoms with Gasteiger partial charge in [0.15, 0.2) is 0 Å². The lowest BCUT2D eigenvalue weighted by Gasteiger charge is -2.21. The van der Waals surface area contributed by atoms with Crippen molar-refractivity contribution in [1.82, 2.24) is 0 Å². The Morgan fingerprint density at radius 1 is 1.08 bits per heavy atom. The summed E-state index contributed by atoms with van der Waals surface area (Å²) in [6, 6.07) is 20.2. The Labute approximate surface area is 152 Å². The number of carbonyl (C=O) groups is 1. The van der Waals surface area contributed by atoms with E-state index in [0.717, 1.165) is 21.9 Å². The van der Waals surface area contributed by atoms with Crippen LogP contribution in [0.4, 0.5) is 5.69 Å². The molecule has 0 atom stereocenters. The number of rotatable bonds is 6. The van der Waals surface area contributed by atoms with Crippen LogP contribution >= 0.6 is 11.3 Å². The lowest BCUT2D eigenvalue weighted by atomic mass is 10.1. The molecule has 0 aliphatic rings. The van der Waals surface area contributed by atoms with Gasteiger partial charge in [0.25, 0.3) is 0 Å². The second-order valence-electron chi connectivity index (χ2n) is 5.72. The molecule has 1 heterocycles. The molecule has 25 heavy (non-hydrogen) atoms. The third kappa shape index (κ3) is 4.09. The molecule has 1 amide bonds. The van der Waals surface area contributed by atoms with E-state index in [9.17, 15) is 4.79 Å². The summed E-state index contributed by atoms with van der Waals surface area (Å²) in [6.07, 6.45) is 0.473. The van der Waals surface area contributed by atoms with Gasteiger partial charge in [0, 0.05) is 16.7 Å². The first-order valence-electron chi connectivity index (χ1n) is 8.28. The molecule has 0 aliphatic carbocycles. The lowest BCUT2D eigenvalue weighted by molar-refractivity contribution is -0.118. The zero-order chi connectivity index (χ0) is 17.6. The van der Waals surface area contributed by atoms with Gasteiger partial charge in [-0.1, -0.05) is 49.4 Å². The number of anilines is 1. The van der Waals surface area contributed by atoms with Gasteiger partial charge in [-0.15, -0.1) is 11.3 Å². The molecular formula is C21H21NO2S. The number of amides is 1. The first kappa shape index (κ1) is 17.2. The maximum Gasteiger partial charge on any atom is 0.227 e. The number of ether oxygens (including phenoxy) is 1. The van der Waals surface area contributed by atoms with Crippen molar-refractivity contribution in [2.24, 2.45) is 0 Å². The van der Waals surface area contributed by atoms with Gasteiger partial charge in [-0.05, 0) is 29.3 Å². The van der Waals surface area contributed by atoms with Gasteiger partial charge in [-0.25, -0.2) is 0 Å². The summed E-state index contributed by atoms with van der Waals surface area (Å²) in [5.41, 5.74) is 3.16. The number of thiophene rings is 1. The van der Waals surface area contributed by atoms with Gasteiger partial charge in [0.1, 0.15) is 5.75 Å². The van der Waals surface area contributed by atoms with E-state index in [1.807, 2.05) is 54.3 Å². The highest BCUT2D eigenvalue weighted by Crippen LogP contribution is 2.32. The highest BCUT2D eigenvalue weighted by atomic mass is 32.1. The Hall–Kier alpha value is -2.59. The van der Waals surface area contributed by atoms with Crippen LogP contribution in [0.15, 0.2) is 66.0 Å². The molecule has 3 aromatic rings. The lowest BCUT2D eigenvalue weighted by Crippen LogP contribution is -2.29. The zero-order valence-corrected chi connectivity index (χ0v) is 15.3. The van der Waals surface area contributed by atoms with E-state index in [-0.39, 0.29) is 5.91 Å². The molecule has 0 saturated heterocycles. The van der Waals surface area contributed by atoms with Crippen LogP contribution in [0.1, 0.15) is 18.9 Å². The minimum Gasteiger partial charge on any atom is -0.497 e. The van der Waals surface area contributed by atoms with Gasteiger partial charge in [-0.2, -0.15) is 0 Å². The summed E-state index contributed by atoms with van der Waals surface area (Å²) < 4.78 is 5.29. The topological polar surface area (TPSA) is 29.5 Å². The van der Waals surface area contributed by atoms with Crippen molar-refractivity contribution in [2.75, 3.05) is 12.0 Å². The normalized spacial score (nSPS) is 10.5. The Kier molecular flexibility index (Phi) is 5.51. The molecule has 3 rings (SSSR count). The van der Waals surface area contributed by atoms with Crippen molar-refractivity contribution in [3.05, 3.63) is 71.6 Å². The second kappa shape index (κ2) is 7.99. The fraction of sp³-hybridized carbons (Fsp3) is 0.190. The van der Waals surface area contributed by atoms with Crippen molar-refractivity contribution in [3.8, 4) is 16.2 Å². The van der Waals surface area contributed by atoms with Crippen molar-refractivity contribution in [3.63, 3.8) is 0 Å². The smallest absolute Gasteiger partial charge is 0.227 e. The second-order valence-corrected chi connectivity index (χ2v) is 6.63. The quantitative estimate of drug-likeness (QED) is 0.598. The molecule has 0 unspecified atom stereocenters. The molecular weight excluding hydrogens is 330 g/mol. The molecule has 4 heteroatoms. The summed E-state index contributed by atoms with van der Waals surface area (Å²) in [7, 11) is 1.65. The van der Waals surface area contributed by atoms with Crippen LogP contribution in [0, 0.1) is 0 Å². The summed E-state index contributed by atoms with van der Waals surface area (Å²) in [6.45, 7) is 2.43. The van der Waals surface area contributed by atoms with Gasteiger partial charge in [0.05, 0.1) is 19.3 Å². The van der Waals surface area contributed by atoms with Crippen molar-refractivity contribution < 1.29 is 9.53 Å². The molecule has 2 aromatic carbocycles. The average Bonchev–Trinajstić information content (AvgIpc) is 3.16. The Balaban J connectivity index is 1.88. The van der Waals surface area contributed by atoms with Crippen molar-refractivity contribution in [2.45, 2.75) is 19.9 Å². The molecule has 0 N–H and O–H groups in total. The van der Waals surface area contributed by atoms with Crippen LogP contribution in [-0.4, -0.2) is 13.0 Å². The Bertz CT molecular complexity index is 842. The maximum atomic E-state index is 12.5. The van der Waals surface area contributed by atoms with Crippen LogP contribution in [0.2, 0.25) is 0 Å². The summed E-state index contributed by atoms with van der Waals surface area (Å²) in [5.74, 6) is 0.914. The van der Waals surface area contributed by atoms with Crippen molar-refractivity contribution in [1.29, 1.82) is 0 Å². The number of nitrogens with zero attached hydrogens (tertiary/aromatic N) is 1. The van der Waals surface area contributed by atoms with E-state index in [1.54, 1.807) is 18.4 Å². The first-order chi connectivity index (χ1) is 12.2. The maximum absolute atomic E-state index is 12.5. The monoisotopic (exact) mass is 351 g/mol. The van der Waals surface area contributed by atoms with E-state index in [0.29, 0.717) is 13.0 Å². The average molecular weight is 351 g/mol. The standard InChI is InChI=1S/C21H21NO2S/c1-3-21(23)22(14-16-8-7-11-19(12-16)24-2)18-13-20(25-15-18)17-9-5-4-6-10-17/h4-13,15H,3,14H2,1-2H3. The number of benzene rings is 2. The number of hydrogen-bond acceptors (Lipinski definition) is 3. The molecule has 0 bridgehead atoms. The fourth-order valence-corrected chi connectivity index (χ4v) is 3.59. The third-order valence-corrected chi connectivity index (χ3v) is 5.00. The number of methoxy groups -OCH3 is 1. The van der Waals surface area contributed by atoms with Crippen LogP contribution < -0.4 is 9.64 Å². The highest BCUT2D eigenvalue weighted by Gasteiger charge is 2.17. The summed E-state index contributed by atoms with van der Waals surface area (Å²) in [4.78, 5) is 15.5. The number of hydrogen-bond donors (Lipinski definition) is 0. The van der Waals surface area contributed by atoms with Crippen LogP contribution in [0.25, 0.3) is 10.4 Å². The van der Waals surface area contributed by atoms with Crippen LogP contribution in [0.5, 0.6) is 5.75 Å². The highest BCUT2D eigenvalue weighted by molar-refractivity contribution is 7.14. The third-order valence-electron chi connectivity index (χ3n) is 4.03. The summed E-state index contributed by atoms with van der Waals surface area (Å²) in [5, 5.41) is 2.05. The Morgan fingerprint density at radius 2 is 1.88 bits per heavy atom. The minimum absolute atomic E-state index is 0.111. The predicted octanol–water partition coefficient (Wildman–Crippen LogP) is 5.37. The first-order valence-corrected chi connectivity index (χ1v) is 9.16. The molecule has 0 aliphatic heterocycles. The van der Waals surface area contributed by atoms with Gasteiger partial charge in [0.2, 0.25) is 5.91 Å². The molecule has 0 saturated carbocycles. The zero-order valence-electron chi connectivity index (χ0n) is 14.4. The van der Waals surface area contributed by atoms with E-state index >= 15 is 0 Å². The molecule has 0 radical (unpaired) electrons. The van der Waals surface area contributed by atoms with Crippen LogP contribution in [-0.2, 0) is 11.3 Å². The van der Waals surface area contributed by atoms with Gasteiger partial charge >= 0.3 is 0 Å². The fourth-order valence-electron chi connectivity index (χ4n) is 2.69. The predicted molar refractivity (Wildman–Crippen MR) is 104 cm³/mol. The number of carbonyl (C=O) groups excluding carboxylic acids is 1. The van der Waals surface area contributed by atoms with E-state index in [1.165, 1.54) is 5.56 Å². The largest absolute Gasteiger partial charge is 0.497 e. The Morgan fingerprint density at radius 3 is 2.60 bits per heavy atom. The molecule has 3 nitrogen and oxygen atoms in total. The van der Waals surface area contributed by atoms with E-state index in [2.05, 4.69) is 23.6 Å².